The first-order valence-corrected chi connectivity index (χ1v) is 12.7. The van der Waals surface area contributed by atoms with Gasteiger partial charge in [0, 0.05) is 33.3 Å². The zero-order valence-electron chi connectivity index (χ0n) is 20.3. The average Bonchev–Trinajstić information content (AvgIpc) is 3.43. The maximum absolute atomic E-state index is 2.56. The number of hydrogen-bond acceptors (Lipinski definition) is 1. The zero-order valence-corrected chi connectivity index (χ0v) is 20.3. The second kappa shape index (κ2) is 7.02. The summed E-state index contributed by atoms with van der Waals surface area (Å²) in [5, 5.41) is 5.19. The highest BCUT2D eigenvalue weighted by Crippen LogP contribution is 2.52. The number of para-hydroxylation sites is 5. The van der Waals surface area contributed by atoms with Gasteiger partial charge in [0.2, 0.25) is 0 Å². The molecule has 36 heavy (non-hydrogen) atoms. The van der Waals surface area contributed by atoms with Gasteiger partial charge in [0.25, 0.3) is 0 Å². The summed E-state index contributed by atoms with van der Waals surface area (Å²) in [6.45, 7) is 4.60. The Morgan fingerprint density at radius 1 is 0.528 bits per heavy atom. The van der Waals surface area contributed by atoms with Crippen molar-refractivity contribution < 1.29 is 0 Å². The second-order valence-corrected chi connectivity index (χ2v) is 10.0. The third-order valence-electron chi connectivity index (χ3n) is 7.72. The van der Waals surface area contributed by atoms with Gasteiger partial charge in [-0.05, 0) is 56.3 Å². The van der Waals surface area contributed by atoms with Gasteiger partial charge >= 0.3 is 0 Å². The van der Waals surface area contributed by atoms with Crippen molar-refractivity contribution >= 4 is 55.0 Å². The molecule has 3 heterocycles. The third-order valence-corrected chi connectivity index (χ3v) is 7.72. The smallest absolute Gasteiger partial charge is 0.0787 e. The van der Waals surface area contributed by atoms with E-state index < -0.39 is 0 Å². The number of fused-ring (bicyclic) bond motifs is 9. The third kappa shape index (κ3) is 2.37. The Morgan fingerprint density at radius 2 is 1.14 bits per heavy atom. The maximum atomic E-state index is 2.56. The molecule has 1 aliphatic rings. The summed E-state index contributed by atoms with van der Waals surface area (Å²) in [6, 6.07) is 40.0. The molecule has 0 amide bonds. The lowest BCUT2D eigenvalue weighted by molar-refractivity contribution is 0.784. The van der Waals surface area contributed by atoms with E-state index in [0.717, 1.165) is 0 Å². The standard InChI is InChI=1S/C33H25N3/c1-21(2)34-28-18-10-11-19-29(28)36-26-16-8-6-14-23(26)25-20-30-31(33(34)32(25)36)24-15-7-9-17-27(24)35(30)22-12-4-3-5-13-22/h3-21H,1-2H3. The number of nitrogens with zero attached hydrogens (tertiary/aromatic N) is 3. The number of anilines is 2. The molecule has 0 saturated heterocycles. The van der Waals surface area contributed by atoms with Gasteiger partial charge in [0.1, 0.15) is 0 Å². The molecular formula is C33H25N3. The van der Waals surface area contributed by atoms with Gasteiger partial charge in [-0.2, -0.15) is 0 Å². The van der Waals surface area contributed by atoms with Crippen molar-refractivity contribution in [2.24, 2.45) is 0 Å². The molecule has 0 unspecified atom stereocenters. The van der Waals surface area contributed by atoms with E-state index >= 15 is 0 Å². The topological polar surface area (TPSA) is 13.1 Å². The molecule has 2 aromatic heterocycles. The lowest BCUT2D eigenvalue weighted by atomic mass is 10.0. The molecule has 1 aliphatic heterocycles. The quantitative estimate of drug-likeness (QED) is 0.250. The highest BCUT2D eigenvalue weighted by atomic mass is 15.2. The first-order valence-electron chi connectivity index (χ1n) is 12.7. The fourth-order valence-electron chi connectivity index (χ4n) is 6.40. The molecule has 172 valence electrons. The van der Waals surface area contributed by atoms with Crippen LogP contribution in [0.2, 0.25) is 0 Å². The summed E-state index contributed by atoms with van der Waals surface area (Å²) in [7, 11) is 0. The van der Waals surface area contributed by atoms with Gasteiger partial charge in [-0.1, -0.05) is 66.7 Å². The molecule has 7 aromatic rings. The van der Waals surface area contributed by atoms with Crippen molar-refractivity contribution in [3.8, 4) is 11.4 Å². The predicted molar refractivity (Wildman–Crippen MR) is 152 cm³/mol. The van der Waals surface area contributed by atoms with Gasteiger partial charge in [0.05, 0.1) is 39.1 Å². The van der Waals surface area contributed by atoms with Crippen LogP contribution in [0.15, 0.2) is 109 Å². The van der Waals surface area contributed by atoms with E-state index in [1.165, 1.54) is 66.4 Å². The minimum Gasteiger partial charge on any atom is -0.335 e. The molecule has 5 aromatic carbocycles. The second-order valence-electron chi connectivity index (χ2n) is 10.0. The van der Waals surface area contributed by atoms with Gasteiger partial charge < -0.3 is 14.0 Å². The molecule has 8 rings (SSSR count). The van der Waals surface area contributed by atoms with Crippen LogP contribution in [-0.4, -0.2) is 15.2 Å². The normalized spacial score (nSPS) is 12.9. The summed E-state index contributed by atoms with van der Waals surface area (Å²) in [4.78, 5) is 2.56. The van der Waals surface area contributed by atoms with Crippen molar-refractivity contribution in [1.82, 2.24) is 9.13 Å². The van der Waals surface area contributed by atoms with Crippen LogP contribution in [-0.2, 0) is 0 Å². The van der Waals surface area contributed by atoms with Crippen molar-refractivity contribution in [2.75, 3.05) is 4.90 Å². The van der Waals surface area contributed by atoms with E-state index in [9.17, 15) is 0 Å². The van der Waals surface area contributed by atoms with E-state index in [0.29, 0.717) is 6.04 Å². The fourth-order valence-corrected chi connectivity index (χ4v) is 6.40. The van der Waals surface area contributed by atoms with E-state index in [1.54, 1.807) is 0 Å². The molecule has 0 atom stereocenters. The number of hydrogen-bond donors (Lipinski definition) is 0. The molecule has 0 saturated carbocycles. The summed E-state index contributed by atoms with van der Waals surface area (Å²) >= 11 is 0. The van der Waals surface area contributed by atoms with Crippen LogP contribution in [0.4, 0.5) is 11.4 Å². The molecular weight excluding hydrogens is 438 g/mol. The highest BCUT2D eigenvalue weighted by Gasteiger charge is 2.32. The van der Waals surface area contributed by atoms with E-state index in [1.807, 2.05) is 0 Å². The van der Waals surface area contributed by atoms with Crippen molar-refractivity contribution in [3.05, 3.63) is 109 Å². The Morgan fingerprint density at radius 3 is 1.89 bits per heavy atom. The zero-order chi connectivity index (χ0) is 24.0. The monoisotopic (exact) mass is 463 g/mol. The Labute approximate surface area is 209 Å². The minimum absolute atomic E-state index is 0.297. The maximum Gasteiger partial charge on any atom is 0.0787 e. The van der Waals surface area contributed by atoms with Crippen LogP contribution in [0.25, 0.3) is 55.0 Å². The summed E-state index contributed by atoms with van der Waals surface area (Å²) in [5.41, 5.74) is 10.0. The van der Waals surface area contributed by atoms with Gasteiger partial charge in [-0.3, -0.25) is 0 Å². The lowest BCUT2D eigenvalue weighted by Gasteiger charge is -2.36. The first kappa shape index (κ1) is 19.8. The summed E-state index contributed by atoms with van der Waals surface area (Å²) < 4.78 is 4.92. The Balaban J connectivity index is 1.70. The van der Waals surface area contributed by atoms with Crippen LogP contribution in [0.1, 0.15) is 13.8 Å². The first-order chi connectivity index (χ1) is 17.7. The van der Waals surface area contributed by atoms with Crippen LogP contribution in [0, 0.1) is 0 Å². The molecule has 0 radical (unpaired) electrons. The van der Waals surface area contributed by atoms with Crippen molar-refractivity contribution in [3.63, 3.8) is 0 Å². The summed E-state index contributed by atoms with van der Waals surface area (Å²) in [6.07, 6.45) is 0. The van der Waals surface area contributed by atoms with Crippen LogP contribution < -0.4 is 4.90 Å². The summed E-state index contributed by atoms with van der Waals surface area (Å²) in [5.74, 6) is 0. The Bertz CT molecular complexity index is 1970. The van der Waals surface area contributed by atoms with Crippen LogP contribution >= 0.6 is 0 Å². The van der Waals surface area contributed by atoms with Crippen LogP contribution in [0.5, 0.6) is 0 Å². The molecule has 0 aliphatic carbocycles. The molecule has 3 nitrogen and oxygen atoms in total. The van der Waals surface area contributed by atoms with Gasteiger partial charge in [-0.25, -0.2) is 0 Å². The van der Waals surface area contributed by atoms with Gasteiger partial charge in [-0.15, -0.1) is 0 Å². The van der Waals surface area contributed by atoms with E-state index in [2.05, 4.69) is 137 Å². The lowest BCUT2D eigenvalue weighted by Crippen LogP contribution is -2.29. The van der Waals surface area contributed by atoms with E-state index in [4.69, 9.17) is 0 Å². The molecule has 0 fully saturated rings. The SMILES string of the molecule is CC(C)N1c2ccccc2-n2c3ccccc3c3cc4c(c1c32)c1ccccc1n4-c1ccccc1. The average molecular weight is 464 g/mol. The molecule has 0 spiro atoms. The van der Waals surface area contributed by atoms with Crippen molar-refractivity contribution in [1.29, 1.82) is 0 Å². The number of benzene rings is 5. The molecule has 3 heteroatoms. The van der Waals surface area contributed by atoms with Gasteiger partial charge in [0.15, 0.2) is 0 Å². The minimum atomic E-state index is 0.297. The highest BCUT2D eigenvalue weighted by molar-refractivity contribution is 6.28. The Hall–Kier alpha value is -4.50. The molecule has 0 N–H and O–H groups in total. The van der Waals surface area contributed by atoms with Crippen molar-refractivity contribution in [2.45, 2.75) is 19.9 Å². The Kier molecular flexibility index (Phi) is 3.85. The largest absolute Gasteiger partial charge is 0.335 e. The van der Waals surface area contributed by atoms with Crippen LogP contribution in [0.3, 0.4) is 0 Å². The predicted octanol–water partition coefficient (Wildman–Crippen LogP) is 8.74. The number of rotatable bonds is 2. The number of aromatic nitrogens is 2. The molecule has 0 bridgehead atoms. The fraction of sp³-hybridized carbons (Fsp3) is 0.0909. The van der Waals surface area contributed by atoms with E-state index in [-0.39, 0.29) is 0 Å².